The Bertz CT molecular complexity index is 780. The number of carbonyl (C=O) groups is 2. The van der Waals surface area contributed by atoms with Crippen molar-refractivity contribution in [3.8, 4) is 0 Å². The minimum absolute atomic E-state index is 0.0184. The van der Waals surface area contributed by atoms with Crippen LogP contribution in [0.5, 0.6) is 0 Å². The summed E-state index contributed by atoms with van der Waals surface area (Å²) in [5, 5.41) is 8.25. The van der Waals surface area contributed by atoms with Crippen molar-refractivity contribution in [2.45, 2.75) is 6.61 Å². The van der Waals surface area contributed by atoms with E-state index in [2.05, 4.69) is 20.6 Å². The van der Waals surface area contributed by atoms with Gasteiger partial charge in [-0.05, 0) is 18.2 Å². The highest BCUT2D eigenvalue weighted by molar-refractivity contribution is 6.31. The molecule has 25 heavy (non-hydrogen) atoms. The van der Waals surface area contributed by atoms with Crippen molar-refractivity contribution in [3.63, 3.8) is 0 Å². The van der Waals surface area contributed by atoms with E-state index >= 15 is 0 Å². The van der Waals surface area contributed by atoms with E-state index in [1.165, 1.54) is 25.3 Å². The fraction of sp³-hybridized carbons (Fsp3) is 0.118. The van der Waals surface area contributed by atoms with Crippen LogP contribution in [0.2, 0.25) is 0 Å². The van der Waals surface area contributed by atoms with Gasteiger partial charge in [0.2, 0.25) is 0 Å². The molecule has 0 atom stereocenters. The summed E-state index contributed by atoms with van der Waals surface area (Å²) < 4.78 is 18.5. The van der Waals surface area contributed by atoms with Gasteiger partial charge in [0.15, 0.2) is 0 Å². The molecule has 0 bridgehead atoms. The van der Waals surface area contributed by atoms with Gasteiger partial charge in [-0.15, -0.1) is 0 Å². The molecule has 0 fully saturated rings. The van der Waals surface area contributed by atoms with Crippen LogP contribution in [0, 0.1) is 5.82 Å². The summed E-state index contributed by atoms with van der Waals surface area (Å²) in [7, 11) is 1.32. The molecule has 0 aliphatic carbocycles. The molecule has 0 radical (unpaired) electrons. The van der Waals surface area contributed by atoms with Crippen molar-refractivity contribution in [1.82, 2.24) is 0 Å². The number of benzene rings is 2. The van der Waals surface area contributed by atoms with Crippen LogP contribution in [0.4, 0.5) is 20.6 Å². The quantitative estimate of drug-likeness (QED) is 0.622. The van der Waals surface area contributed by atoms with Gasteiger partial charge < -0.3 is 14.9 Å². The Morgan fingerprint density at radius 3 is 2.48 bits per heavy atom. The molecule has 2 rings (SSSR count). The molecular formula is C17H16FN3O4. The van der Waals surface area contributed by atoms with Crippen LogP contribution in [-0.2, 0) is 21.0 Å². The minimum atomic E-state index is -0.813. The van der Waals surface area contributed by atoms with Crippen molar-refractivity contribution >= 4 is 29.6 Å². The first kappa shape index (κ1) is 17.9. The van der Waals surface area contributed by atoms with E-state index in [9.17, 15) is 14.0 Å². The molecule has 2 amide bonds. The van der Waals surface area contributed by atoms with Crippen molar-refractivity contribution in [2.75, 3.05) is 17.7 Å². The molecular weight excluding hydrogens is 329 g/mol. The molecule has 130 valence electrons. The number of halogens is 1. The maximum Gasteiger partial charge on any atom is 0.412 e. The summed E-state index contributed by atoms with van der Waals surface area (Å²) >= 11 is 0. The molecule has 0 saturated heterocycles. The van der Waals surface area contributed by atoms with Crippen LogP contribution in [0.1, 0.15) is 5.56 Å². The van der Waals surface area contributed by atoms with Gasteiger partial charge in [-0.1, -0.05) is 35.5 Å². The van der Waals surface area contributed by atoms with Gasteiger partial charge in [0.25, 0.3) is 5.91 Å². The van der Waals surface area contributed by atoms with E-state index in [-0.39, 0.29) is 12.3 Å². The van der Waals surface area contributed by atoms with E-state index in [4.69, 9.17) is 4.74 Å². The second kappa shape index (κ2) is 9.02. The first-order valence-electron chi connectivity index (χ1n) is 7.24. The van der Waals surface area contributed by atoms with Gasteiger partial charge in [0.05, 0.1) is 5.69 Å². The lowest BCUT2D eigenvalue weighted by molar-refractivity contribution is -0.110. The monoisotopic (exact) mass is 345 g/mol. The van der Waals surface area contributed by atoms with E-state index in [0.29, 0.717) is 11.3 Å². The maximum atomic E-state index is 13.5. The minimum Gasteiger partial charge on any atom is -0.444 e. The summed E-state index contributed by atoms with van der Waals surface area (Å²) in [6.45, 7) is -0.113. The van der Waals surface area contributed by atoms with Gasteiger partial charge in [-0.2, -0.15) is 0 Å². The summed E-state index contributed by atoms with van der Waals surface area (Å²) in [5.41, 5.74) is 1.03. The van der Waals surface area contributed by atoms with Gasteiger partial charge in [0, 0.05) is 11.3 Å². The standard InChI is InChI=1S/C17H16FN3O4/c1-24-19-10-16(22)20-14-8-4-2-6-12(14)11-25-17(23)21-15-9-5-3-7-13(15)18/h2-10H,11H2,1H3,(H,20,22)(H,21,23). The molecule has 2 N–H and O–H groups in total. The number of anilines is 2. The average Bonchev–Trinajstić information content (AvgIpc) is 2.61. The third-order valence-electron chi connectivity index (χ3n) is 3.02. The first-order chi connectivity index (χ1) is 12.1. The number of ether oxygens (including phenoxy) is 1. The van der Waals surface area contributed by atoms with Crippen molar-refractivity contribution in [1.29, 1.82) is 0 Å². The SMILES string of the molecule is CON=CC(=O)Nc1ccccc1COC(=O)Nc1ccccc1F. The van der Waals surface area contributed by atoms with Crippen LogP contribution in [-0.4, -0.2) is 25.3 Å². The number of nitrogens with zero attached hydrogens (tertiary/aromatic N) is 1. The third kappa shape index (κ3) is 5.61. The zero-order valence-corrected chi connectivity index (χ0v) is 13.4. The molecule has 2 aromatic carbocycles. The number of para-hydroxylation sites is 2. The van der Waals surface area contributed by atoms with E-state index in [1.807, 2.05) is 0 Å². The second-order valence-corrected chi connectivity index (χ2v) is 4.74. The molecule has 0 unspecified atom stereocenters. The maximum absolute atomic E-state index is 13.5. The highest BCUT2D eigenvalue weighted by atomic mass is 19.1. The lowest BCUT2D eigenvalue weighted by Crippen LogP contribution is -2.17. The molecule has 0 aliphatic rings. The Morgan fingerprint density at radius 2 is 1.76 bits per heavy atom. The Kier molecular flexibility index (Phi) is 6.47. The number of nitrogens with one attached hydrogen (secondary N) is 2. The number of amides is 2. The van der Waals surface area contributed by atoms with E-state index in [0.717, 1.165) is 6.21 Å². The van der Waals surface area contributed by atoms with Gasteiger partial charge >= 0.3 is 6.09 Å². The van der Waals surface area contributed by atoms with Crippen LogP contribution in [0.15, 0.2) is 53.7 Å². The molecule has 8 heteroatoms. The van der Waals surface area contributed by atoms with E-state index < -0.39 is 17.8 Å². The van der Waals surface area contributed by atoms with Gasteiger partial charge in [-0.3, -0.25) is 10.1 Å². The van der Waals surface area contributed by atoms with Crippen molar-refractivity contribution in [2.24, 2.45) is 5.16 Å². The molecule has 0 saturated carbocycles. The van der Waals surface area contributed by atoms with Crippen molar-refractivity contribution < 1.29 is 23.6 Å². The van der Waals surface area contributed by atoms with Crippen LogP contribution < -0.4 is 10.6 Å². The number of rotatable bonds is 6. The van der Waals surface area contributed by atoms with Gasteiger partial charge in [0.1, 0.15) is 25.7 Å². The molecule has 0 aromatic heterocycles. The van der Waals surface area contributed by atoms with Crippen molar-refractivity contribution in [3.05, 3.63) is 59.9 Å². The largest absolute Gasteiger partial charge is 0.444 e. The Morgan fingerprint density at radius 1 is 1.08 bits per heavy atom. The summed E-state index contributed by atoms with van der Waals surface area (Å²) in [4.78, 5) is 27.9. The zero-order valence-electron chi connectivity index (χ0n) is 13.4. The average molecular weight is 345 g/mol. The number of carbonyl (C=O) groups excluding carboxylic acids is 2. The topological polar surface area (TPSA) is 89.0 Å². The number of hydrogen-bond acceptors (Lipinski definition) is 5. The van der Waals surface area contributed by atoms with Crippen LogP contribution in [0.25, 0.3) is 0 Å². The normalized spacial score (nSPS) is 10.3. The van der Waals surface area contributed by atoms with E-state index in [1.54, 1.807) is 30.3 Å². The predicted octanol–water partition coefficient (Wildman–Crippen LogP) is 3.15. The molecule has 0 aliphatic heterocycles. The smallest absolute Gasteiger partial charge is 0.412 e. The molecule has 0 heterocycles. The fourth-order valence-corrected chi connectivity index (χ4v) is 1.89. The fourth-order valence-electron chi connectivity index (χ4n) is 1.89. The zero-order chi connectivity index (χ0) is 18.1. The molecule has 0 spiro atoms. The molecule has 7 nitrogen and oxygen atoms in total. The van der Waals surface area contributed by atoms with Crippen LogP contribution in [0.3, 0.4) is 0 Å². The summed E-state index contributed by atoms with van der Waals surface area (Å²) in [6, 6.07) is 12.5. The summed E-state index contributed by atoms with van der Waals surface area (Å²) in [6.07, 6.45) is 0.162. The highest BCUT2D eigenvalue weighted by Gasteiger charge is 2.10. The number of oxime groups is 1. The summed E-state index contributed by atoms with van der Waals surface area (Å²) in [5.74, 6) is -1.06. The highest BCUT2D eigenvalue weighted by Crippen LogP contribution is 2.17. The second-order valence-electron chi connectivity index (χ2n) is 4.74. The number of hydrogen-bond donors (Lipinski definition) is 2. The first-order valence-corrected chi connectivity index (χ1v) is 7.24. The lowest BCUT2D eigenvalue weighted by atomic mass is 10.2. The lowest BCUT2D eigenvalue weighted by Gasteiger charge is -2.11. The Balaban J connectivity index is 1.96. The van der Waals surface area contributed by atoms with Gasteiger partial charge in [-0.25, -0.2) is 9.18 Å². The Hall–Kier alpha value is -3.42. The van der Waals surface area contributed by atoms with Crippen LogP contribution >= 0.6 is 0 Å². The third-order valence-corrected chi connectivity index (χ3v) is 3.02. The predicted molar refractivity (Wildman–Crippen MR) is 90.8 cm³/mol. The Labute approximate surface area is 143 Å². The molecule has 2 aromatic rings.